The normalized spacial score (nSPS) is 11.9. The quantitative estimate of drug-likeness (QED) is 0.195. The van der Waals surface area contributed by atoms with Crippen molar-refractivity contribution >= 4 is 68.8 Å². The molecule has 0 atom stereocenters. The maximum absolute atomic E-state index is 3.74. The molecule has 0 bridgehead atoms. The molecule has 0 aliphatic rings. The van der Waals surface area contributed by atoms with Crippen LogP contribution in [-0.2, 0) is 0 Å². The molecule has 0 unspecified atom stereocenters. The first-order chi connectivity index (χ1) is 15.7. The van der Waals surface area contributed by atoms with Gasteiger partial charge in [-0.2, -0.15) is 0 Å². The fraction of sp³-hybridized carbons (Fsp3) is 0. The van der Waals surface area contributed by atoms with E-state index in [1.807, 2.05) is 0 Å². The van der Waals surface area contributed by atoms with Crippen LogP contribution in [0.1, 0.15) is 0 Å². The number of hydrogen-bond donors (Lipinski definition) is 0. The molecule has 6 aromatic rings. The van der Waals surface area contributed by atoms with Crippen molar-refractivity contribution in [2.24, 2.45) is 0 Å². The van der Waals surface area contributed by atoms with Crippen molar-refractivity contribution in [3.05, 3.63) is 127 Å². The first-order valence-corrected chi connectivity index (χ1v) is 14.8. The Kier molecular flexibility index (Phi) is 4.85. The monoisotopic (exact) mass is 492 g/mol. The minimum absolute atomic E-state index is 1.28. The summed E-state index contributed by atoms with van der Waals surface area (Å²) in [5.74, 6) is 0. The van der Waals surface area contributed by atoms with Gasteiger partial charge in [-0.25, -0.2) is 0 Å². The molecule has 6 rings (SSSR count). The molecule has 0 heterocycles. The van der Waals surface area contributed by atoms with Crippen LogP contribution in [0.3, 0.4) is 0 Å². The summed E-state index contributed by atoms with van der Waals surface area (Å²) < 4.78 is 0. The SMILES string of the molecule is [Se]=P(c1ccc2ccccc2c1)(c1ccc2ccccc2c1)c1ccc2ccccc2c1. The Morgan fingerprint density at radius 3 is 0.938 bits per heavy atom. The molecule has 0 aliphatic carbocycles. The van der Waals surface area contributed by atoms with Crippen LogP contribution >= 0.6 is 5.51 Å². The fourth-order valence-electron chi connectivity index (χ4n) is 4.56. The predicted molar refractivity (Wildman–Crippen MR) is 143 cm³/mol. The van der Waals surface area contributed by atoms with Gasteiger partial charge in [0.05, 0.1) is 0 Å². The van der Waals surface area contributed by atoms with E-state index in [4.69, 9.17) is 0 Å². The predicted octanol–water partition coefficient (Wildman–Crippen LogP) is 6.52. The van der Waals surface area contributed by atoms with E-state index in [9.17, 15) is 0 Å². The molecule has 0 radical (unpaired) electrons. The van der Waals surface area contributed by atoms with Gasteiger partial charge in [0.25, 0.3) is 0 Å². The zero-order chi connectivity index (χ0) is 21.5. The maximum atomic E-state index is 3.74. The van der Waals surface area contributed by atoms with Crippen molar-refractivity contribution in [2.75, 3.05) is 0 Å². The Balaban J connectivity index is 1.66. The number of fused-ring (bicyclic) bond motifs is 3. The van der Waals surface area contributed by atoms with E-state index in [1.54, 1.807) is 0 Å². The summed E-state index contributed by atoms with van der Waals surface area (Å²) in [7, 11) is 0. The summed E-state index contributed by atoms with van der Waals surface area (Å²) in [6.45, 7) is 0. The molecule has 2 heteroatoms. The zero-order valence-electron chi connectivity index (χ0n) is 17.5. The Morgan fingerprint density at radius 1 is 0.344 bits per heavy atom. The second kappa shape index (κ2) is 7.88. The van der Waals surface area contributed by atoms with Gasteiger partial charge in [-0.3, -0.25) is 0 Å². The Bertz CT molecular complexity index is 1470. The molecular weight excluding hydrogens is 470 g/mol. The van der Waals surface area contributed by atoms with Crippen LogP contribution in [0, 0.1) is 0 Å². The number of rotatable bonds is 3. The van der Waals surface area contributed by atoms with Gasteiger partial charge in [-0.1, -0.05) is 0 Å². The van der Waals surface area contributed by atoms with E-state index in [0.29, 0.717) is 0 Å². The first kappa shape index (κ1) is 19.7. The average molecular weight is 491 g/mol. The van der Waals surface area contributed by atoms with E-state index in [2.05, 4.69) is 142 Å². The molecule has 0 aliphatic heterocycles. The average Bonchev–Trinajstić information content (AvgIpc) is 2.87. The molecule has 0 saturated heterocycles. The Hall–Kier alpha value is -2.95. The van der Waals surface area contributed by atoms with Gasteiger partial charge >= 0.3 is 196 Å². The van der Waals surface area contributed by atoms with Gasteiger partial charge in [0, 0.05) is 0 Å². The van der Waals surface area contributed by atoms with E-state index in [-0.39, 0.29) is 0 Å². The van der Waals surface area contributed by atoms with Crippen LogP contribution < -0.4 is 15.9 Å². The van der Waals surface area contributed by atoms with Crippen LogP contribution in [0.15, 0.2) is 127 Å². The zero-order valence-corrected chi connectivity index (χ0v) is 20.1. The van der Waals surface area contributed by atoms with Crippen LogP contribution in [0.5, 0.6) is 0 Å². The summed E-state index contributed by atoms with van der Waals surface area (Å²) >= 11 is 3.74. The summed E-state index contributed by atoms with van der Waals surface area (Å²) in [6.07, 6.45) is 0. The van der Waals surface area contributed by atoms with Crippen LogP contribution in [-0.4, -0.2) is 15.1 Å². The molecule has 0 aromatic heterocycles. The van der Waals surface area contributed by atoms with Crippen molar-refractivity contribution in [3.8, 4) is 0 Å². The molecule has 0 saturated carbocycles. The van der Waals surface area contributed by atoms with Gasteiger partial charge in [0.2, 0.25) is 0 Å². The molecule has 0 nitrogen and oxygen atoms in total. The molecular formula is C30H21PSe. The third-order valence-electron chi connectivity index (χ3n) is 6.29. The molecule has 0 fully saturated rings. The van der Waals surface area contributed by atoms with Crippen molar-refractivity contribution in [2.45, 2.75) is 0 Å². The number of hydrogen-bond acceptors (Lipinski definition) is 0. The molecule has 0 spiro atoms. The van der Waals surface area contributed by atoms with Crippen LogP contribution in [0.2, 0.25) is 0 Å². The Morgan fingerprint density at radius 2 is 0.625 bits per heavy atom. The second-order valence-electron chi connectivity index (χ2n) is 8.20. The van der Waals surface area contributed by atoms with Gasteiger partial charge in [0.1, 0.15) is 0 Å². The summed E-state index contributed by atoms with van der Waals surface area (Å²) in [5, 5.41) is 11.8. The van der Waals surface area contributed by atoms with Crippen molar-refractivity contribution < 1.29 is 0 Å². The van der Waals surface area contributed by atoms with E-state index in [1.165, 1.54) is 48.2 Å². The molecule has 6 aromatic carbocycles. The van der Waals surface area contributed by atoms with Gasteiger partial charge < -0.3 is 0 Å². The van der Waals surface area contributed by atoms with Crippen molar-refractivity contribution in [1.29, 1.82) is 0 Å². The van der Waals surface area contributed by atoms with Crippen LogP contribution in [0.4, 0.5) is 0 Å². The first-order valence-electron chi connectivity index (χ1n) is 10.8. The second-order valence-corrected chi connectivity index (χ2v) is 14.4. The van der Waals surface area contributed by atoms with E-state index >= 15 is 0 Å². The number of benzene rings is 6. The standard InChI is InChI=1S/C30H21PSe/c32-31(28-16-13-22-7-1-4-10-25(22)19-28,29-17-14-23-8-2-5-11-26(23)20-29)30-18-15-24-9-3-6-12-27(24)21-30/h1-21H. The van der Waals surface area contributed by atoms with Gasteiger partial charge in [0.15, 0.2) is 0 Å². The summed E-state index contributed by atoms with van der Waals surface area (Å²) in [4.78, 5) is 0. The topological polar surface area (TPSA) is 0 Å². The van der Waals surface area contributed by atoms with Crippen LogP contribution in [0.25, 0.3) is 32.3 Å². The summed E-state index contributed by atoms with van der Waals surface area (Å²) in [6, 6.07) is 46.8. The molecule has 152 valence electrons. The molecule has 32 heavy (non-hydrogen) atoms. The van der Waals surface area contributed by atoms with Crippen molar-refractivity contribution in [1.82, 2.24) is 0 Å². The van der Waals surface area contributed by atoms with Gasteiger partial charge in [-0.15, -0.1) is 0 Å². The minimum atomic E-state index is -1.96. The van der Waals surface area contributed by atoms with Gasteiger partial charge in [-0.05, 0) is 0 Å². The summed E-state index contributed by atoms with van der Waals surface area (Å²) in [5.41, 5.74) is -1.96. The molecule has 0 N–H and O–H groups in total. The van der Waals surface area contributed by atoms with E-state index < -0.39 is 5.51 Å². The third kappa shape index (κ3) is 3.26. The van der Waals surface area contributed by atoms with Crippen molar-refractivity contribution in [3.63, 3.8) is 0 Å². The van der Waals surface area contributed by atoms with E-state index in [0.717, 1.165) is 0 Å². The molecule has 0 amide bonds. The fourth-order valence-corrected chi connectivity index (χ4v) is 9.42. The Labute approximate surface area is 195 Å². The third-order valence-corrected chi connectivity index (χ3v) is 13.3.